The molecule has 1 fully saturated rings. The number of nitrogens with zero attached hydrogens (tertiary/aromatic N) is 4. The largest absolute Gasteiger partial charge is 0.503 e. The Morgan fingerprint density at radius 3 is 2.63 bits per heavy atom. The molecule has 18 nitrogen and oxygen atoms in total. The molecule has 1 unspecified atom stereocenters. The van der Waals surface area contributed by atoms with Crippen molar-refractivity contribution in [3.05, 3.63) is 22.0 Å². The number of hydrogen-bond acceptors (Lipinski definition) is 15. The van der Waals surface area contributed by atoms with Crippen LogP contribution in [-0.2, 0) is 33.6 Å². The number of Topliss-reactive ketones (excluding diaryl/α,β-unsaturated/α-hetero) is 1. The second-order valence-electron chi connectivity index (χ2n) is 7.57. The van der Waals surface area contributed by atoms with Crippen LogP contribution >= 0.6 is 22.9 Å². The van der Waals surface area contributed by atoms with E-state index in [0.29, 0.717) is 10.1 Å². The number of nitrogen functional groups attached to an aromatic ring is 1. The van der Waals surface area contributed by atoms with Crippen molar-refractivity contribution in [1.29, 1.82) is 0 Å². The third-order valence-electron chi connectivity index (χ3n) is 4.98. The van der Waals surface area contributed by atoms with Crippen molar-refractivity contribution in [2.45, 2.75) is 24.5 Å². The van der Waals surface area contributed by atoms with E-state index in [1.54, 1.807) is 0 Å². The van der Waals surface area contributed by atoms with Crippen molar-refractivity contribution in [2.24, 2.45) is 10.9 Å². The first-order chi connectivity index (χ1) is 17.9. The van der Waals surface area contributed by atoms with Crippen molar-refractivity contribution in [3.8, 4) is 0 Å². The van der Waals surface area contributed by atoms with Crippen LogP contribution in [0.25, 0.3) is 0 Å². The van der Waals surface area contributed by atoms with Gasteiger partial charge in [-0.15, -0.1) is 0 Å². The zero-order valence-electron chi connectivity index (χ0n) is 19.0. The Kier molecular flexibility index (Phi) is 8.88. The fourth-order valence-corrected chi connectivity index (χ4v) is 4.12. The molecule has 0 radical (unpaired) electrons. The number of aliphatic carboxylic acids is 1. The van der Waals surface area contributed by atoms with Gasteiger partial charge in [-0.25, -0.2) is 19.6 Å². The van der Waals surface area contributed by atoms with Crippen LogP contribution in [-0.4, -0.2) is 104 Å². The molecule has 0 aromatic carbocycles. The lowest BCUT2D eigenvalue weighted by atomic mass is 9.98. The molecule has 20 heteroatoms. The van der Waals surface area contributed by atoms with Crippen LogP contribution in [0.1, 0.15) is 12.1 Å². The minimum Gasteiger partial charge on any atom is -0.503 e. The normalized spacial score (nSPS) is 21.5. The maximum Gasteiger partial charge on any atom is 0.404 e. The highest BCUT2D eigenvalue weighted by atomic mass is 35.5. The number of anilines is 1. The fourth-order valence-electron chi connectivity index (χ4n) is 3.19. The molecule has 0 bridgehead atoms. The number of hydrogen-bond donors (Lipinski definition) is 6. The number of carbonyl (C=O) groups excluding carboxylic acids is 4. The summed E-state index contributed by atoms with van der Waals surface area (Å²) in [4.78, 5) is 73.0. The summed E-state index contributed by atoms with van der Waals surface area (Å²) >= 11 is 6.90. The number of aliphatic hydroxyl groups excluding tert-OH is 1. The summed E-state index contributed by atoms with van der Waals surface area (Å²) in [7, 11) is 0. The first-order valence-corrected chi connectivity index (χ1v) is 11.5. The molecule has 1 aromatic heterocycles. The Morgan fingerprint density at radius 1 is 1.32 bits per heavy atom. The number of aromatic nitrogens is 1. The number of thiazole rings is 1. The van der Waals surface area contributed by atoms with Gasteiger partial charge in [0.25, 0.3) is 11.8 Å². The molecule has 0 aliphatic carbocycles. The highest BCUT2D eigenvalue weighted by Gasteiger charge is 2.51. The standard InChI is InChI=1S/C18H20ClN7O11S/c19-14-12(23-17(20)38-14)13(24-36-3-6-1-8(27)9(28)2-25(6)34)15(31)22-11-7(4-35-18(21)33)26(16(11)32)37-5-10(29)30/h2,6-7,11,28,34H,1,3-5H2,(H2,20,23)(H2,21,33)(H,22,31)(H,29,30)/b24-13-/t6?,7-,11+/m1/s1. The van der Waals surface area contributed by atoms with Gasteiger partial charge in [-0.1, -0.05) is 28.1 Å². The molecule has 8 N–H and O–H groups in total. The maximum absolute atomic E-state index is 13.1. The van der Waals surface area contributed by atoms with Gasteiger partial charge in [0.05, 0.1) is 12.2 Å². The summed E-state index contributed by atoms with van der Waals surface area (Å²) < 4.78 is 4.59. The summed E-state index contributed by atoms with van der Waals surface area (Å²) in [5.74, 6) is -4.66. The van der Waals surface area contributed by atoms with E-state index in [1.165, 1.54) is 0 Å². The van der Waals surface area contributed by atoms with Gasteiger partial charge in [0.1, 0.15) is 35.3 Å². The lowest BCUT2D eigenvalue weighted by molar-refractivity contribution is -0.240. The van der Waals surface area contributed by atoms with Crippen LogP contribution in [0.2, 0.25) is 4.34 Å². The lowest BCUT2D eigenvalue weighted by Gasteiger charge is -2.44. The van der Waals surface area contributed by atoms with Crippen LogP contribution in [0.15, 0.2) is 17.1 Å². The van der Waals surface area contributed by atoms with E-state index in [-0.39, 0.29) is 21.6 Å². The minimum absolute atomic E-state index is 0.0359. The number of allylic oxidation sites excluding steroid dienone is 1. The van der Waals surface area contributed by atoms with Gasteiger partial charge in [-0.2, -0.15) is 0 Å². The number of nitrogens with one attached hydrogen (secondary N) is 1. The van der Waals surface area contributed by atoms with Crippen LogP contribution in [0.3, 0.4) is 0 Å². The van der Waals surface area contributed by atoms with Crippen LogP contribution in [0, 0.1) is 0 Å². The summed E-state index contributed by atoms with van der Waals surface area (Å²) in [5, 5.41) is 35.1. The van der Waals surface area contributed by atoms with Gasteiger partial charge in [0, 0.05) is 6.42 Å². The highest BCUT2D eigenvalue weighted by Crippen LogP contribution is 2.27. The number of nitrogens with two attached hydrogens (primary N) is 2. The van der Waals surface area contributed by atoms with Crippen LogP contribution in [0.5, 0.6) is 0 Å². The molecule has 3 amide bonds. The summed E-state index contributed by atoms with van der Waals surface area (Å²) in [6.45, 7) is -1.89. The number of ketones is 1. The molecular weight excluding hydrogens is 558 g/mol. The maximum atomic E-state index is 13.1. The third kappa shape index (κ3) is 6.56. The number of hydroxylamine groups is 4. The molecular formula is C18H20ClN7O11S. The van der Waals surface area contributed by atoms with E-state index in [2.05, 4.69) is 20.2 Å². The molecule has 0 saturated carbocycles. The first-order valence-electron chi connectivity index (χ1n) is 10.3. The molecule has 38 heavy (non-hydrogen) atoms. The average Bonchev–Trinajstić information content (AvgIpc) is 3.17. The molecule has 1 aromatic rings. The number of aliphatic hydroxyl groups is 1. The van der Waals surface area contributed by atoms with Gasteiger partial charge < -0.3 is 36.6 Å². The first kappa shape index (κ1) is 28.4. The number of oxime groups is 1. The number of amides is 3. The number of rotatable bonds is 11. The number of carboxylic acids is 1. The number of halogens is 1. The zero-order chi connectivity index (χ0) is 28.1. The van der Waals surface area contributed by atoms with Gasteiger partial charge in [0.2, 0.25) is 5.78 Å². The Hall–Kier alpha value is -4.20. The zero-order valence-corrected chi connectivity index (χ0v) is 20.5. The smallest absolute Gasteiger partial charge is 0.404 e. The van der Waals surface area contributed by atoms with Crippen molar-refractivity contribution >= 4 is 63.4 Å². The Bertz CT molecular complexity index is 1210. The minimum atomic E-state index is -1.39. The van der Waals surface area contributed by atoms with Crippen molar-refractivity contribution < 1.29 is 53.8 Å². The topological polar surface area (TPSA) is 270 Å². The van der Waals surface area contributed by atoms with E-state index in [9.17, 15) is 34.3 Å². The second kappa shape index (κ2) is 11.9. The molecule has 3 atom stereocenters. The van der Waals surface area contributed by atoms with Crippen LogP contribution < -0.4 is 16.8 Å². The SMILES string of the molecule is NC(=O)OC[C@@H]1[C@H](NC(=O)/C(=N\OCC2CC(=O)C(O)=CN2O)c2nc(N)sc2Cl)C(=O)N1OCC(=O)O. The number of primary amides is 1. The predicted molar refractivity (Wildman–Crippen MR) is 123 cm³/mol. The lowest BCUT2D eigenvalue weighted by Crippen LogP contribution is -2.72. The van der Waals surface area contributed by atoms with E-state index >= 15 is 0 Å². The molecule has 2 aliphatic heterocycles. The molecule has 2 aliphatic rings. The third-order valence-corrected chi connectivity index (χ3v) is 6.06. The van der Waals surface area contributed by atoms with E-state index < -0.39 is 79.1 Å². The summed E-state index contributed by atoms with van der Waals surface area (Å²) in [6, 6.07) is -3.51. The molecule has 3 rings (SSSR count). The second-order valence-corrected chi connectivity index (χ2v) is 9.20. The van der Waals surface area contributed by atoms with E-state index in [0.717, 1.165) is 17.5 Å². The van der Waals surface area contributed by atoms with Crippen molar-refractivity contribution in [3.63, 3.8) is 0 Å². The van der Waals surface area contributed by atoms with Crippen LogP contribution in [0.4, 0.5) is 9.93 Å². The molecule has 0 spiro atoms. The van der Waals surface area contributed by atoms with Gasteiger partial charge >= 0.3 is 12.1 Å². The van der Waals surface area contributed by atoms with Gasteiger partial charge in [-0.05, 0) is 0 Å². The molecule has 1 saturated heterocycles. The Labute approximate surface area is 220 Å². The number of ether oxygens (including phenoxy) is 1. The number of carboxylic acid groups (broad SMARTS) is 1. The van der Waals surface area contributed by atoms with E-state index in [4.69, 9.17) is 37.8 Å². The highest BCUT2D eigenvalue weighted by molar-refractivity contribution is 7.19. The number of carbonyl (C=O) groups is 5. The molecule has 3 heterocycles. The van der Waals surface area contributed by atoms with Crippen molar-refractivity contribution in [2.75, 3.05) is 25.6 Å². The Balaban J connectivity index is 1.78. The molecule has 206 valence electrons. The Morgan fingerprint density at radius 2 is 2.03 bits per heavy atom. The van der Waals surface area contributed by atoms with Gasteiger partial charge in [0.15, 0.2) is 23.2 Å². The fraction of sp³-hybridized carbons (Fsp3) is 0.389. The monoisotopic (exact) mass is 577 g/mol. The predicted octanol–water partition coefficient (Wildman–Crippen LogP) is -1.66. The average molecular weight is 578 g/mol. The quantitative estimate of drug-likeness (QED) is 0.0975. The summed E-state index contributed by atoms with van der Waals surface area (Å²) in [5.41, 5.74) is 9.80. The summed E-state index contributed by atoms with van der Waals surface area (Å²) in [6.07, 6.45) is -0.746. The number of β-lactam (4-membered cyclic amide) rings is 1. The van der Waals surface area contributed by atoms with Gasteiger partial charge in [-0.3, -0.25) is 29.5 Å². The van der Waals surface area contributed by atoms with Crippen molar-refractivity contribution in [1.82, 2.24) is 20.4 Å². The van der Waals surface area contributed by atoms with E-state index in [1.807, 2.05) is 0 Å².